The first-order valence-electron chi connectivity index (χ1n) is 37.2. The Labute approximate surface area is 620 Å². The van der Waals surface area contributed by atoms with Crippen LogP contribution in [0.2, 0.25) is 0 Å². The van der Waals surface area contributed by atoms with Crippen LogP contribution in [0.1, 0.15) is 171 Å². The molecule has 7 aromatic carbocycles. The molecular weight excluding hydrogens is 1370 g/mol. The van der Waals surface area contributed by atoms with E-state index in [4.69, 9.17) is 14.7 Å². The van der Waals surface area contributed by atoms with Gasteiger partial charge in [-0.3, -0.25) is 14.4 Å². The van der Waals surface area contributed by atoms with Crippen LogP contribution in [0, 0.1) is 11.3 Å². The number of benzene rings is 7. The molecule has 10 heterocycles. The number of carboxylic acids is 1. The Hall–Kier alpha value is -10.0. The number of sulfone groups is 2. The van der Waals surface area contributed by atoms with E-state index in [9.17, 15) is 41.4 Å². The van der Waals surface area contributed by atoms with Crippen LogP contribution in [0.5, 0.6) is 0 Å². The number of hydrogen-bond donors (Lipinski definition) is 2. The van der Waals surface area contributed by atoms with Crippen LogP contribution in [0.15, 0.2) is 198 Å². The number of para-hydroxylation sites is 5. The van der Waals surface area contributed by atoms with E-state index in [1.165, 1.54) is 117 Å². The highest BCUT2D eigenvalue weighted by Crippen LogP contribution is 2.42. The molecule has 17 nitrogen and oxygen atoms in total. The third kappa shape index (κ3) is 16.2. The van der Waals surface area contributed by atoms with Gasteiger partial charge in [0.05, 0.1) is 68.4 Å². The molecule has 5 aliphatic rings. The molecule has 0 radical (unpaired) electrons. The third-order valence-electron chi connectivity index (χ3n) is 22.1. The zero-order valence-corrected chi connectivity index (χ0v) is 62.5. The van der Waals surface area contributed by atoms with Crippen LogP contribution in [0.25, 0.3) is 54.5 Å². The number of nitrogens with zero attached hydrogens (tertiary/aromatic N) is 6. The van der Waals surface area contributed by atoms with Gasteiger partial charge < -0.3 is 42.5 Å². The van der Waals surface area contributed by atoms with E-state index in [2.05, 4.69) is 144 Å². The molecule has 0 amide bonds. The number of carboxylic acid groups (broad SMARTS) is 1. The van der Waals surface area contributed by atoms with Crippen molar-refractivity contribution < 1.29 is 50.9 Å². The Morgan fingerprint density at radius 3 is 1.14 bits per heavy atom. The van der Waals surface area contributed by atoms with Gasteiger partial charge in [0.25, 0.3) is 0 Å². The van der Waals surface area contributed by atoms with Crippen LogP contribution in [0.4, 0.5) is 0 Å². The van der Waals surface area contributed by atoms with Crippen molar-refractivity contribution in [2.75, 3.05) is 33.3 Å². The SMILES string of the molecule is COC(=O)CC1CCCc2c(Cc3ccc(S(C)(=O)=O)cc3)c3ccccc3n21.COC(=O)CC1CCCc2cc3ccccc3n21.CS(=O)(=O)c1ccc(Cc2c3n(c4ccccc24)C(CC(=O)O)CCC3)cc1.N#CCC1CCCc2cc3ccccc3n21.OCC1CCCc2cc3ccccc3n21. The van der Waals surface area contributed by atoms with Crippen molar-refractivity contribution in [1.29, 1.82) is 5.26 Å². The quantitative estimate of drug-likeness (QED) is 0.0969. The van der Waals surface area contributed by atoms with E-state index in [0.29, 0.717) is 41.5 Å². The van der Waals surface area contributed by atoms with Crippen LogP contribution < -0.4 is 0 Å². The maximum absolute atomic E-state index is 12.0. The summed E-state index contributed by atoms with van der Waals surface area (Å²) >= 11 is 0. The molecule has 0 saturated carbocycles. The van der Waals surface area contributed by atoms with E-state index >= 15 is 0 Å². The van der Waals surface area contributed by atoms with Gasteiger partial charge in [0.1, 0.15) is 0 Å². The average Bonchev–Trinajstić information content (AvgIpc) is 1.60. The van der Waals surface area contributed by atoms with E-state index in [-0.39, 0.29) is 49.1 Å². The molecule has 19 heteroatoms. The zero-order chi connectivity index (χ0) is 74.2. The summed E-state index contributed by atoms with van der Waals surface area (Å²) in [6, 6.07) is 66.1. The predicted octanol–water partition coefficient (Wildman–Crippen LogP) is 17.1. The zero-order valence-electron chi connectivity index (χ0n) is 60.9. The lowest BCUT2D eigenvalue weighted by atomic mass is 9.95. The summed E-state index contributed by atoms with van der Waals surface area (Å²) in [5, 5.41) is 33.8. The molecule has 12 aromatic rings. The van der Waals surface area contributed by atoms with Crippen molar-refractivity contribution in [3.63, 3.8) is 0 Å². The Morgan fingerprint density at radius 1 is 0.434 bits per heavy atom. The van der Waals surface area contributed by atoms with E-state index in [0.717, 1.165) is 117 Å². The van der Waals surface area contributed by atoms with Crippen molar-refractivity contribution in [2.24, 2.45) is 0 Å². The van der Waals surface area contributed by atoms with Gasteiger partial charge in [-0.15, -0.1) is 0 Å². The monoisotopic (exact) mass is 1460 g/mol. The normalized spacial score (nSPS) is 17.9. The van der Waals surface area contributed by atoms with Crippen molar-refractivity contribution in [3.05, 3.63) is 239 Å². The molecular formula is C87H94N6O11S2. The summed E-state index contributed by atoms with van der Waals surface area (Å²) in [4.78, 5) is 35.5. The Morgan fingerprint density at radius 2 is 0.764 bits per heavy atom. The van der Waals surface area contributed by atoms with Crippen molar-refractivity contribution in [2.45, 2.75) is 175 Å². The third-order valence-corrected chi connectivity index (χ3v) is 24.3. The van der Waals surface area contributed by atoms with Crippen molar-refractivity contribution in [3.8, 4) is 6.07 Å². The number of aliphatic hydroxyl groups excluding tert-OH is 1. The number of carbonyl (C=O) groups excluding carboxylic acids is 2. The number of methoxy groups -OCH3 is 2. The van der Waals surface area contributed by atoms with Crippen molar-refractivity contribution in [1.82, 2.24) is 22.8 Å². The van der Waals surface area contributed by atoms with Gasteiger partial charge in [-0.2, -0.15) is 5.26 Å². The highest BCUT2D eigenvalue weighted by Gasteiger charge is 2.31. The first-order valence-corrected chi connectivity index (χ1v) is 41.0. The summed E-state index contributed by atoms with van der Waals surface area (Å²) in [5.41, 5.74) is 17.3. The first kappa shape index (κ1) is 74.3. The summed E-state index contributed by atoms with van der Waals surface area (Å²) in [6.07, 6.45) is 21.5. The lowest BCUT2D eigenvalue weighted by Crippen LogP contribution is -2.21. The number of esters is 2. The second-order valence-corrected chi connectivity index (χ2v) is 33.0. The number of nitriles is 1. The molecule has 106 heavy (non-hydrogen) atoms. The number of hydrogen-bond acceptors (Lipinski definition) is 11. The molecule has 550 valence electrons. The Kier molecular flexibility index (Phi) is 23.0. The minimum absolute atomic E-state index is 0.0208. The lowest BCUT2D eigenvalue weighted by Gasteiger charge is -2.27. The second-order valence-electron chi connectivity index (χ2n) is 28.9. The minimum atomic E-state index is -3.21. The number of aryl methyl sites for hydroxylation is 3. The minimum Gasteiger partial charge on any atom is -0.481 e. The molecule has 2 N–H and O–H groups in total. The molecule has 0 saturated heterocycles. The highest BCUT2D eigenvalue weighted by molar-refractivity contribution is 7.91. The molecule has 5 aliphatic heterocycles. The number of rotatable bonds is 14. The number of aliphatic carboxylic acids is 1. The fourth-order valence-corrected chi connectivity index (χ4v) is 18.5. The largest absolute Gasteiger partial charge is 0.481 e. The number of carbonyl (C=O) groups is 3. The summed E-state index contributed by atoms with van der Waals surface area (Å²) < 4.78 is 68.2. The highest BCUT2D eigenvalue weighted by atomic mass is 32.2. The number of fused-ring (bicyclic) bond motifs is 15. The Bertz CT molecular complexity index is 5460. The van der Waals surface area contributed by atoms with E-state index in [1.807, 2.05) is 48.5 Å². The predicted molar refractivity (Wildman–Crippen MR) is 417 cm³/mol. The van der Waals surface area contributed by atoms with Gasteiger partial charge in [0, 0.05) is 104 Å². The maximum Gasteiger partial charge on any atom is 0.307 e. The fraction of sp³-hybridized carbons (Fsp3) is 0.356. The smallest absolute Gasteiger partial charge is 0.307 e. The number of aromatic nitrogens is 5. The fourth-order valence-electron chi connectivity index (χ4n) is 17.2. The maximum atomic E-state index is 12.0. The topological polar surface area (TPSA) is 227 Å². The van der Waals surface area contributed by atoms with Gasteiger partial charge in [0.15, 0.2) is 19.7 Å². The number of aliphatic hydroxyl groups is 1. The van der Waals surface area contributed by atoms with Crippen LogP contribution >= 0.6 is 0 Å². The molecule has 5 atom stereocenters. The first-order chi connectivity index (χ1) is 51.3. The molecule has 17 rings (SSSR count). The van der Waals surface area contributed by atoms with Gasteiger partial charge in [-0.1, -0.05) is 115 Å². The van der Waals surface area contributed by atoms with Gasteiger partial charge in [-0.25, -0.2) is 16.8 Å². The van der Waals surface area contributed by atoms with E-state index in [1.54, 1.807) is 24.3 Å². The molecule has 5 aromatic heterocycles. The molecule has 0 fully saturated rings. The van der Waals surface area contributed by atoms with Gasteiger partial charge in [-0.05, 0) is 220 Å². The van der Waals surface area contributed by atoms with E-state index < -0.39 is 25.6 Å². The van der Waals surface area contributed by atoms with Crippen molar-refractivity contribution >= 4 is 92.1 Å². The summed E-state index contributed by atoms with van der Waals surface area (Å²) in [7, 11) is -3.52. The Balaban J connectivity index is 0.000000120. The van der Waals surface area contributed by atoms with Gasteiger partial charge >= 0.3 is 17.9 Å². The van der Waals surface area contributed by atoms with Crippen LogP contribution in [-0.4, -0.2) is 101 Å². The summed E-state index contributed by atoms with van der Waals surface area (Å²) in [5.74, 6) is -1.07. The van der Waals surface area contributed by atoms with Crippen LogP contribution in [-0.2, 0) is 88.5 Å². The molecule has 0 spiro atoms. The number of ether oxygens (including phenoxy) is 2. The molecule has 0 bridgehead atoms. The van der Waals surface area contributed by atoms with Gasteiger partial charge in [0.2, 0.25) is 0 Å². The van der Waals surface area contributed by atoms with Crippen LogP contribution in [0.3, 0.4) is 0 Å². The lowest BCUT2D eigenvalue weighted by molar-refractivity contribution is -0.142. The standard InChI is InChI=1S/C23H25NO4S.C22H23NO4S.C15H17NO2.C14H14N2.C13H15NO/c1-28-23(25)15-17-6-5-9-22-20(19-7-3-4-8-21(19)24(17)22)14-16-10-12-18(13-11-16)29(2,26)27;1-28(26,27)17-11-9-15(10-12-17)13-19-18-6-2-3-7-20(18)23-16(14-22(24)25)5-4-8-21(19)23;1-18-15(17)10-13-7-4-6-12-9-11-5-2-3-8-14(11)16(12)13;15-9-8-12-5-3-6-13-10-11-4-1-2-7-14(11)16(12)13;15-9-12-6-3-5-11-8-10-4-1-2-7-13(10)14(11)12/h3-4,7-8,10-13,17H,5-6,9,14-15H2,1-2H3;2-3,6-7,9-12,16H,4-5,8,13-14H2,1H3,(H,24,25);2-3,5,8-9,13H,4,6-7,10H2,1H3;1-2,4,7,10,12H,3,5-6,8H2;1-2,4,7-8,12,15H,3,5-6,9H2. The second kappa shape index (κ2) is 32.8. The molecule has 0 aliphatic carbocycles. The summed E-state index contributed by atoms with van der Waals surface area (Å²) in [6.45, 7) is 0.256. The molecule has 5 unspecified atom stereocenters. The average molecular weight is 1460 g/mol.